The fraction of sp³-hybridized carbons (Fsp3) is 0.375. The van der Waals surface area contributed by atoms with Crippen LogP contribution in [0.5, 0.6) is 0 Å². The summed E-state index contributed by atoms with van der Waals surface area (Å²) in [7, 11) is 0. The van der Waals surface area contributed by atoms with E-state index in [1.807, 2.05) is 43.3 Å². The van der Waals surface area contributed by atoms with Gasteiger partial charge in [-0.2, -0.15) is 0 Å². The van der Waals surface area contributed by atoms with Gasteiger partial charge in [-0.3, -0.25) is 4.90 Å². The minimum absolute atomic E-state index is 0.400. The molecule has 0 amide bonds. The number of hydrogen-bond acceptors (Lipinski definition) is 2. The molecule has 1 aromatic rings. The second-order valence-electron chi connectivity index (χ2n) is 4.50. The van der Waals surface area contributed by atoms with E-state index in [0.29, 0.717) is 0 Å². The van der Waals surface area contributed by atoms with Gasteiger partial charge in [0.15, 0.2) is 0 Å². The highest BCUT2D eigenvalue weighted by molar-refractivity contribution is 5.27. The Kier molecular flexibility index (Phi) is 6.40. The Morgan fingerprint density at radius 3 is 2.39 bits per heavy atom. The van der Waals surface area contributed by atoms with E-state index in [1.54, 1.807) is 0 Å². The van der Waals surface area contributed by atoms with Crippen molar-refractivity contribution in [2.45, 2.75) is 19.4 Å². The van der Waals surface area contributed by atoms with E-state index in [2.05, 4.69) is 18.1 Å². The van der Waals surface area contributed by atoms with Gasteiger partial charge in [-0.25, -0.2) is 0 Å². The van der Waals surface area contributed by atoms with Crippen LogP contribution in [0.15, 0.2) is 49.6 Å². The lowest BCUT2D eigenvalue weighted by Gasteiger charge is -2.21. The van der Waals surface area contributed by atoms with Gasteiger partial charge in [0.1, 0.15) is 0 Å². The first-order valence-corrected chi connectivity index (χ1v) is 6.36. The fourth-order valence-corrected chi connectivity index (χ4v) is 2.04. The number of benzene rings is 1. The van der Waals surface area contributed by atoms with Crippen LogP contribution in [0.2, 0.25) is 0 Å². The highest BCUT2D eigenvalue weighted by Crippen LogP contribution is 2.20. The Labute approximate surface area is 110 Å². The molecule has 1 unspecified atom stereocenters. The van der Waals surface area contributed by atoms with Crippen LogP contribution >= 0.6 is 0 Å². The molecule has 0 radical (unpaired) electrons. The normalized spacial score (nSPS) is 12.4. The highest BCUT2D eigenvalue weighted by atomic mass is 16.3. The summed E-state index contributed by atoms with van der Waals surface area (Å²) < 4.78 is 0. The van der Waals surface area contributed by atoms with Crippen molar-refractivity contribution in [1.82, 2.24) is 4.90 Å². The smallest absolute Gasteiger partial charge is 0.0804 e. The van der Waals surface area contributed by atoms with Crippen molar-refractivity contribution in [3.63, 3.8) is 0 Å². The molecule has 0 aliphatic carbocycles. The molecule has 0 saturated heterocycles. The highest BCUT2D eigenvalue weighted by Gasteiger charge is 2.11. The Hall–Kier alpha value is -1.38. The molecule has 1 rings (SSSR count). The molecule has 98 valence electrons. The SMILES string of the molecule is C=CCN(CC=C)CCC(O)c1ccccc1C. The Morgan fingerprint density at radius 1 is 1.22 bits per heavy atom. The third kappa shape index (κ3) is 4.47. The quantitative estimate of drug-likeness (QED) is 0.711. The molecule has 2 nitrogen and oxygen atoms in total. The van der Waals surface area contributed by atoms with E-state index in [9.17, 15) is 5.11 Å². The zero-order valence-corrected chi connectivity index (χ0v) is 11.2. The summed E-state index contributed by atoms with van der Waals surface area (Å²) in [4.78, 5) is 2.21. The Balaban J connectivity index is 2.54. The van der Waals surface area contributed by atoms with Gasteiger partial charge in [0.2, 0.25) is 0 Å². The van der Waals surface area contributed by atoms with E-state index in [4.69, 9.17) is 0 Å². The van der Waals surface area contributed by atoms with Crippen LogP contribution in [0.4, 0.5) is 0 Å². The Morgan fingerprint density at radius 2 is 1.83 bits per heavy atom. The maximum atomic E-state index is 10.2. The molecule has 0 aliphatic heterocycles. The molecule has 1 N–H and O–H groups in total. The summed E-state index contributed by atoms with van der Waals surface area (Å²) in [5.41, 5.74) is 2.17. The maximum absolute atomic E-state index is 10.2. The van der Waals surface area contributed by atoms with Crippen LogP contribution in [0, 0.1) is 6.92 Å². The number of nitrogens with zero attached hydrogens (tertiary/aromatic N) is 1. The average molecular weight is 245 g/mol. The topological polar surface area (TPSA) is 23.5 Å². The minimum Gasteiger partial charge on any atom is -0.388 e. The molecule has 0 bridgehead atoms. The molecule has 0 heterocycles. The van der Waals surface area contributed by atoms with Crippen molar-refractivity contribution in [3.05, 3.63) is 60.7 Å². The lowest BCUT2D eigenvalue weighted by molar-refractivity contribution is 0.148. The Bertz CT molecular complexity index is 376. The molecule has 18 heavy (non-hydrogen) atoms. The zero-order valence-electron chi connectivity index (χ0n) is 11.2. The molecule has 0 aliphatic rings. The van der Waals surface area contributed by atoms with Crippen LogP contribution in [0.3, 0.4) is 0 Å². The zero-order chi connectivity index (χ0) is 13.4. The number of aryl methyl sites for hydroxylation is 1. The predicted molar refractivity (Wildman–Crippen MR) is 77.6 cm³/mol. The van der Waals surface area contributed by atoms with E-state index in [0.717, 1.165) is 37.2 Å². The lowest BCUT2D eigenvalue weighted by Crippen LogP contribution is -2.26. The number of aliphatic hydroxyl groups excluding tert-OH is 1. The predicted octanol–water partition coefficient (Wildman–Crippen LogP) is 3.09. The minimum atomic E-state index is -0.400. The summed E-state index contributed by atoms with van der Waals surface area (Å²) in [6.45, 7) is 12.0. The first-order chi connectivity index (χ1) is 8.69. The van der Waals surface area contributed by atoms with E-state index in [-0.39, 0.29) is 0 Å². The fourth-order valence-electron chi connectivity index (χ4n) is 2.04. The van der Waals surface area contributed by atoms with Gasteiger partial charge in [-0.15, -0.1) is 13.2 Å². The lowest BCUT2D eigenvalue weighted by atomic mass is 10.0. The molecule has 1 aromatic carbocycles. The number of aliphatic hydroxyl groups is 1. The van der Waals surface area contributed by atoms with Gasteiger partial charge in [0, 0.05) is 19.6 Å². The van der Waals surface area contributed by atoms with Gasteiger partial charge in [0.25, 0.3) is 0 Å². The average Bonchev–Trinajstić information content (AvgIpc) is 2.36. The summed E-state index contributed by atoms with van der Waals surface area (Å²) in [6.07, 6.45) is 4.09. The van der Waals surface area contributed by atoms with Crippen LogP contribution < -0.4 is 0 Å². The second kappa shape index (κ2) is 7.85. The summed E-state index contributed by atoms with van der Waals surface area (Å²) >= 11 is 0. The van der Waals surface area contributed by atoms with Crippen molar-refractivity contribution >= 4 is 0 Å². The van der Waals surface area contributed by atoms with Crippen molar-refractivity contribution in [3.8, 4) is 0 Å². The first-order valence-electron chi connectivity index (χ1n) is 6.36. The molecular formula is C16H23NO. The molecule has 0 aromatic heterocycles. The van der Waals surface area contributed by atoms with E-state index < -0.39 is 6.10 Å². The summed E-state index contributed by atoms with van der Waals surface area (Å²) in [5.74, 6) is 0. The molecule has 0 saturated carbocycles. The van der Waals surface area contributed by atoms with Crippen molar-refractivity contribution in [1.29, 1.82) is 0 Å². The van der Waals surface area contributed by atoms with Gasteiger partial charge in [0.05, 0.1) is 6.10 Å². The van der Waals surface area contributed by atoms with Crippen LogP contribution in [-0.4, -0.2) is 29.6 Å². The third-order valence-electron chi connectivity index (χ3n) is 3.04. The number of hydrogen-bond donors (Lipinski definition) is 1. The van der Waals surface area contributed by atoms with E-state index >= 15 is 0 Å². The van der Waals surface area contributed by atoms with Crippen molar-refractivity contribution in [2.24, 2.45) is 0 Å². The molecule has 1 atom stereocenters. The van der Waals surface area contributed by atoms with Gasteiger partial charge in [-0.05, 0) is 24.5 Å². The van der Waals surface area contributed by atoms with Gasteiger partial charge >= 0.3 is 0 Å². The van der Waals surface area contributed by atoms with Gasteiger partial charge in [-0.1, -0.05) is 36.4 Å². The third-order valence-corrected chi connectivity index (χ3v) is 3.04. The largest absolute Gasteiger partial charge is 0.388 e. The first kappa shape index (κ1) is 14.7. The van der Waals surface area contributed by atoms with Crippen LogP contribution in [-0.2, 0) is 0 Å². The van der Waals surface area contributed by atoms with E-state index in [1.165, 1.54) is 0 Å². The monoisotopic (exact) mass is 245 g/mol. The number of rotatable bonds is 8. The van der Waals surface area contributed by atoms with Crippen LogP contribution in [0.1, 0.15) is 23.7 Å². The standard InChI is InChI=1S/C16H23NO/c1-4-11-17(12-5-2)13-10-16(18)15-9-7-6-8-14(15)3/h4-9,16,18H,1-2,10-13H2,3H3. The molecular weight excluding hydrogens is 222 g/mol. The maximum Gasteiger partial charge on any atom is 0.0804 e. The van der Waals surface area contributed by atoms with Gasteiger partial charge < -0.3 is 5.11 Å². The second-order valence-corrected chi connectivity index (χ2v) is 4.50. The summed E-state index contributed by atoms with van der Waals surface area (Å²) in [6, 6.07) is 7.99. The molecule has 0 spiro atoms. The van der Waals surface area contributed by atoms with Crippen molar-refractivity contribution in [2.75, 3.05) is 19.6 Å². The van der Waals surface area contributed by atoms with Crippen LogP contribution in [0.25, 0.3) is 0 Å². The molecule has 0 fully saturated rings. The summed E-state index contributed by atoms with van der Waals surface area (Å²) in [5, 5.41) is 10.2. The molecule has 2 heteroatoms. The van der Waals surface area contributed by atoms with Crippen molar-refractivity contribution < 1.29 is 5.11 Å².